The number of amides is 1. The summed E-state index contributed by atoms with van der Waals surface area (Å²) in [6.07, 6.45) is 12.1. The topological polar surface area (TPSA) is 61.4 Å². The monoisotopic (exact) mass is 356 g/mol. The minimum absolute atomic E-state index is 0.218. The van der Waals surface area contributed by atoms with Gasteiger partial charge in [-0.25, -0.2) is 5.48 Å². The molecule has 4 fully saturated rings. The lowest BCUT2D eigenvalue weighted by molar-refractivity contribution is -0.128. The molecule has 0 saturated heterocycles. The van der Waals surface area contributed by atoms with Crippen molar-refractivity contribution in [2.75, 3.05) is 6.54 Å². The molecule has 1 aromatic rings. The van der Waals surface area contributed by atoms with Gasteiger partial charge in [0.1, 0.15) is 0 Å². The third kappa shape index (κ3) is 4.12. The Labute approximate surface area is 156 Å². The van der Waals surface area contributed by atoms with E-state index in [4.69, 9.17) is 5.21 Å². The second-order valence-corrected chi connectivity index (χ2v) is 9.23. The predicted octanol–water partition coefficient (Wildman–Crippen LogP) is 3.82. The minimum atomic E-state index is -0.374. The van der Waals surface area contributed by atoms with Crippen LogP contribution in [0.4, 0.5) is 0 Å². The Morgan fingerprint density at radius 1 is 1.00 bits per heavy atom. The Bertz CT molecular complexity index is 590. The molecular weight excluding hydrogens is 324 g/mol. The van der Waals surface area contributed by atoms with Crippen LogP contribution in [0, 0.1) is 23.2 Å². The number of benzene rings is 1. The van der Waals surface area contributed by atoms with Crippen LogP contribution in [0.15, 0.2) is 24.3 Å². The highest BCUT2D eigenvalue weighted by atomic mass is 16.5. The zero-order chi connectivity index (χ0) is 18.0. The number of rotatable bonds is 8. The SMILES string of the molecule is O=C(Cc1ccc(CNCCCC23CC4CC(CC(C4)C2)C3)cc1)NO. The van der Waals surface area contributed by atoms with Crippen LogP contribution in [0.2, 0.25) is 0 Å². The highest BCUT2D eigenvalue weighted by molar-refractivity contribution is 5.77. The molecule has 4 saturated carbocycles. The van der Waals surface area contributed by atoms with Crippen LogP contribution >= 0.6 is 0 Å². The molecule has 1 aromatic carbocycles. The van der Waals surface area contributed by atoms with E-state index in [1.807, 2.05) is 12.1 Å². The van der Waals surface area contributed by atoms with Gasteiger partial charge in [-0.05, 0) is 92.2 Å². The molecular formula is C22H32N2O2. The third-order valence-electron chi connectivity index (χ3n) is 7.07. The van der Waals surface area contributed by atoms with Crippen molar-refractivity contribution in [1.82, 2.24) is 10.8 Å². The number of nitrogens with one attached hydrogen (secondary N) is 2. The maximum Gasteiger partial charge on any atom is 0.247 e. The van der Waals surface area contributed by atoms with Gasteiger partial charge < -0.3 is 5.32 Å². The Morgan fingerprint density at radius 2 is 1.58 bits per heavy atom. The lowest BCUT2D eigenvalue weighted by Crippen LogP contribution is -2.46. The van der Waals surface area contributed by atoms with E-state index in [2.05, 4.69) is 17.4 Å². The first-order valence-electron chi connectivity index (χ1n) is 10.4. The minimum Gasteiger partial charge on any atom is -0.313 e. The van der Waals surface area contributed by atoms with Crippen molar-refractivity contribution in [3.8, 4) is 0 Å². The average Bonchev–Trinajstić information content (AvgIpc) is 2.61. The van der Waals surface area contributed by atoms with Crippen LogP contribution in [0.3, 0.4) is 0 Å². The molecule has 0 atom stereocenters. The van der Waals surface area contributed by atoms with Crippen molar-refractivity contribution < 1.29 is 10.0 Å². The number of carbonyl (C=O) groups is 1. The number of hydroxylamine groups is 1. The lowest BCUT2D eigenvalue weighted by Gasteiger charge is -2.57. The highest BCUT2D eigenvalue weighted by Gasteiger charge is 2.50. The summed E-state index contributed by atoms with van der Waals surface area (Å²) in [6.45, 7) is 1.98. The molecule has 0 unspecified atom stereocenters. The van der Waals surface area contributed by atoms with Crippen molar-refractivity contribution in [2.24, 2.45) is 23.2 Å². The van der Waals surface area contributed by atoms with Crippen LogP contribution in [-0.2, 0) is 17.8 Å². The van der Waals surface area contributed by atoms with Crippen LogP contribution in [0.25, 0.3) is 0 Å². The molecule has 3 N–H and O–H groups in total. The molecule has 0 aromatic heterocycles. The zero-order valence-electron chi connectivity index (χ0n) is 15.7. The lowest BCUT2D eigenvalue weighted by atomic mass is 9.48. The fourth-order valence-electron chi connectivity index (χ4n) is 6.42. The summed E-state index contributed by atoms with van der Waals surface area (Å²) < 4.78 is 0. The molecule has 4 aliphatic rings. The molecule has 0 heterocycles. The average molecular weight is 357 g/mol. The second-order valence-electron chi connectivity index (χ2n) is 9.23. The summed E-state index contributed by atoms with van der Waals surface area (Å²) >= 11 is 0. The molecule has 4 bridgehead atoms. The molecule has 4 heteroatoms. The molecule has 26 heavy (non-hydrogen) atoms. The van der Waals surface area contributed by atoms with Crippen molar-refractivity contribution in [3.63, 3.8) is 0 Å². The smallest absolute Gasteiger partial charge is 0.247 e. The third-order valence-corrected chi connectivity index (χ3v) is 7.07. The standard InChI is InChI=1S/C22H32N2O2/c25-21(24-26)11-16-2-4-17(5-3-16)15-23-7-1-6-22-12-18-8-19(13-22)10-20(9-18)14-22/h2-5,18-20,23,26H,1,6-15H2,(H,24,25). The Kier molecular flexibility index (Phi) is 5.32. The van der Waals surface area contributed by atoms with Crippen molar-refractivity contribution in [3.05, 3.63) is 35.4 Å². The van der Waals surface area contributed by atoms with E-state index < -0.39 is 0 Å². The first-order valence-corrected chi connectivity index (χ1v) is 10.4. The number of hydrogen-bond acceptors (Lipinski definition) is 3. The van der Waals surface area contributed by atoms with Crippen molar-refractivity contribution in [2.45, 2.75) is 64.3 Å². The molecule has 0 spiro atoms. The number of hydrogen-bond donors (Lipinski definition) is 3. The van der Waals surface area contributed by atoms with Gasteiger partial charge in [-0.15, -0.1) is 0 Å². The van der Waals surface area contributed by atoms with Crippen LogP contribution in [0.5, 0.6) is 0 Å². The Morgan fingerprint density at radius 3 is 2.15 bits per heavy atom. The first-order chi connectivity index (χ1) is 12.6. The van der Waals surface area contributed by atoms with Gasteiger partial charge in [0.05, 0.1) is 6.42 Å². The van der Waals surface area contributed by atoms with E-state index >= 15 is 0 Å². The van der Waals surface area contributed by atoms with Gasteiger partial charge >= 0.3 is 0 Å². The first kappa shape index (κ1) is 18.0. The Balaban J connectivity index is 1.17. The summed E-state index contributed by atoms with van der Waals surface area (Å²) in [5.41, 5.74) is 4.53. The Hall–Kier alpha value is -1.39. The zero-order valence-corrected chi connectivity index (χ0v) is 15.7. The van der Waals surface area contributed by atoms with Crippen LogP contribution in [0.1, 0.15) is 62.5 Å². The van der Waals surface area contributed by atoms with Gasteiger partial charge in [-0.3, -0.25) is 10.0 Å². The summed E-state index contributed by atoms with van der Waals surface area (Å²) in [7, 11) is 0. The molecule has 142 valence electrons. The number of carbonyl (C=O) groups excluding carboxylic acids is 1. The predicted molar refractivity (Wildman–Crippen MR) is 102 cm³/mol. The van der Waals surface area contributed by atoms with E-state index in [9.17, 15) is 4.79 Å². The van der Waals surface area contributed by atoms with E-state index in [0.717, 1.165) is 36.4 Å². The molecule has 4 aliphatic carbocycles. The molecule has 0 radical (unpaired) electrons. The van der Waals surface area contributed by atoms with Gasteiger partial charge in [0.2, 0.25) is 5.91 Å². The van der Waals surface area contributed by atoms with Crippen LogP contribution < -0.4 is 10.8 Å². The second kappa shape index (κ2) is 7.69. The van der Waals surface area contributed by atoms with E-state index in [1.165, 1.54) is 56.9 Å². The van der Waals surface area contributed by atoms with E-state index in [0.29, 0.717) is 5.41 Å². The molecule has 1 amide bonds. The van der Waals surface area contributed by atoms with Crippen molar-refractivity contribution >= 4 is 5.91 Å². The van der Waals surface area contributed by atoms with Gasteiger partial charge in [-0.1, -0.05) is 24.3 Å². The maximum atomic E-state index is 11.2. The molecule has 5 rings (SSSR count). The summed E-state index contributed by atoms with van der Waals surface area (Å²) in [6, 6.07) is 8.04. The highest BCUT2D eigenvalue weighted by Crippen LogP contribution is 2.61. The summed E-state index contributed by atoms with van der Waals surface area (Å²) in [4.78, 5) is 11.2. The largest absolute Gasteiger partial charge is 0.313 e. The van der Waals surface area contributed by atoms with Gasteiger partial charge in [-0.2, -0.15) is 0 Å². The van der Waals surface area contributed by atoms with Crippen molar-refractivity contribution in [1.29, 1.82) is 0 Å². The van der Waals surface area contributed by atoms with Gasteiger partial charge in [0, 0.05) is 6.54 Å². The summed E-state index contributed by atoms with van der Waals surface area (Å²) in [5, 5.41) is 12.2. The fourth-order valence-corrected chi connectivity index (χ4v) is 6.42. The van der Waals surface area contributed by atoms with Gasteiger partial charge in [0.15, 0.2) is 0 Å². The van der Waals surface area contributed by atoms with Crippen LogP contribution in [-0.4, -0.2) is 17.7 Å². The maximum absolute atomic E-state index is 11.2. The molecule has 0 aliphatic heterocycles. The molecule has 4 nitrogen and oxygen atoms in total. The van der Waals surface area contributed by atoms with E-state index in [-0.39, 0.29) is 12.3 Å². The normalized spacial score (nSPS) is 32.0. The van der Waals surface area contributed by atoms with E-state index in [1.54, 1.807) is 5.48 Å². The van der Waals surface area contributed by atoms with Gasteiger partial charge in [0.25, 0.3) is 0 Å². The summed E-state index contributed by atoms with van der Waals surface area (Å²) in [5.74, 6) is 2.79. The quantitative estimate of drug-likeness (QED) is 0.377. The fraction of sp³-hybridized carbons (Fsp3) is 0.682.